The lowest BCUT2D eigenvalue weighted by Crippen LogP contribution is -2.57. The molecule has 3 aliphatic heterocycles. The summed E-state index contributed by atoms with van der Waals surface area (Å²) in [5, 5.41) is 22.8. The van der Waals surface area contributed by atoms with Crippen LogP contribution in [0.15, 0.2) is 24.3 Å². The highest BCUT2D eigenvalue weighted by Crippen LogP contribution is 2.52. The summed E-state index contributed by atoms with van der Waals surface area (Å²) in [4.78, 5) is 19.0. The summed E-state index contributed by atoms with van der Waals surface area (Å²) in [5.41, 5.74) is -1.41. The average molecular weight is 784 g/mol. The molecule has 3 saturated heterocycles. The molecule has 2 aromatic carbocycles. The van der Waals surface area contributed by atoms with Crippen LogP contribution >= 0.6 is 0 Å². The average Bonchev–Trinajstić information content (AvgIpc) is 3.43. The Bertz CT molecular complexity index is 2240. The van der Waals surface area contributed by atoms with Crippen LogP contribution in [-0.2, 0) is 9.47 Å². The van der Waals surface area contributed by atoms with Gasteiger partial charge in [-0.3, -0.25) is 4.90 Å². The van der Waals surface area contributed by atoms with Gasteiger partial charge in [-0.1, -0.05) is 31.2 Å². The van der Waals surface area contributed by atoms with Crippen LogP contribution in [0.3, 0.4) is 0 Å². The van der Waals surface area contributed by atoms with Crippen molar-refractivity contribution in [3.8, 4) is 41.2 Å². The Morgan fingerprint density at radius 1 is 0.982 bits per heavy atom. The zero-order valence-corrected chi connectivity index (χ0v) is 32.8. The van der Waals surface area contributed by atoms with E-state index in [0.717, 1.165) is 51.9 Å². The van der Waals surface area contributed by atoms with E-state index < -0.39 is 17.2 Å². The molecule has 5 heterocycles. The number of methoxy groups -OCH3 is 1. The third kappa shape index (κ3) is 6.82. The predicted molar refractivity (Wildman–Crippen MR) is 212 cm³/mol. The summed E-state index contributed by atoms with van der Waals surface area (Å²) in [6.45, 7) is 5.75. The van der Waals surface area contributed by atoms with E-state index in [9.17, 15) is 10.2 Å². The summed E-state index contributed by atoms with van der Waals surface area (Å²) in [7, 11) is 1.41. The molecular weight excluding hydrogens is 733 g/mol. The number of phenolic OH excluding ortho intramolecular Hbond substituents is 1. The highest BCUT2D eigenvalue weighted by molar-refractivity contribution is 6.04. The zero-order chi connectivity index (χ0) is 39.5. The number of piperidine rings is 1. The third-order valence-electron chi connectivity index (χ3n) is 13.4. The number of ether oxygens (including phenoxy) is 4. The Balaban J connectivity index is 1.16. The molecule has 11 nitrogen and oxygen atoms in total. The van der Waals surface area contributed by atoms with Crippen LogP contribution in [0.5, 0.6) is 17.6 Å². The molecule has 0 radical (unpaired) electrons. The number of hydrogen-bond acceptors (Lipinski definition) is 11. The van der Waals surface area contributed by atoms with E-state index >= 15 is 8.78 Å². The van der Waals surface area contributed by atoms with Gasteiger partial charge < -0.3 is 34.1 Å². The quantitative estimate of drug-likeness (QED) is 0.193. The summed E-state index contributed by atoms with van der Waals surface area (Å²) in [5.74, 6) is 0.989. The van der Waals surface area contributed by atoms with E-state index in [1.54, 1.807) is 6.92 Å². The second kappa shape index (κ2) is 14.8. The maximum absolute atomic E-state index is 17.5. The molecule has 57 heavy (non-hydrogen) atoms. The number of terminal acetylenes is 1. The van der Waals surface area contributed by atoms with Crippen LogP contribution in [-0.4, -0.2) is 108 Å². The number of likely N-dealkylation sites (tertiary alicyclic amines) is 1. The standard InChI is InChI=1S/C44H51F2N5O6/c1-4-30-32(45)11-10-27-19-29(52)20-31(34(27)30)37-36(46)38-35(40(47-37)54-3)39(50-17-18-55-23-42(2,53)22-50)49-41(48-38)57-26-44-13-7-5-6-9-33(44)51(16-8-14-44)28-12-15-43(21-28)24-56-25-43/h1,10-11,19-20,28,33,52-53H,5-9,12-18,21-26H2,2-3H3/t28?,33-,42-,44+/m0/s1. The Morgan fingerprint density at radius 2 is 1.82 bits per heavy atom. The van der Waals surface area contributed by atoms with Gasteiger partial charge in [-0.25, -0.2) is 13.8 Å². The van der Waals surface area contributed by atoms with Crippen molar-refractivity contribution in [3.63, 3.8) is 0 Å². The predicted octanol–water partition coefficient (Wildman–Crippen LogP) is 6.77. The lowest BCUT2D eigenvalue weighted by atomic mass is 9.70. The molecule has 5 fully saturated rings. The number of phenols is 1. The second-order valence-corrected chi connectivity index (χ2v) is 17.5. The number of fused-ring (bicyclic) bond motifs is 3. The van der Waals surface area contributed by atoms with Crippen LogP contribution in [0.4, 0.5) is 14.6 Å². The molecule has 4 atom stereocenters. The van der Waals surface area contributed by atoms with Crippen LogP contribution in [0, 0.1) is 34.8 Å². The van der Waals surface area contributed by atoms with Gasteiger partial charge in [0.2, 0.25) is 5.88 Å². The van der Waals surface area contributed by atoms with E-state index in [1.165, 1.54) is 63.5 Å². The third-order valence-corrected chi connectivity index (χ3v) is 13.4. The van der Waals surface area contributed by atoms with Crippen molar-refractivity contribution in [2.45, 2.75) is 88.8 Å². The molecule has 1 spiro atoms. The van der Waals surface area contributed by atoms with Crippen molar-refractivity contribution < 1.29 is 37.9 Å². The van der Waals surface area contributed by atoms with Gasteiger partial charge in [0.1, 0.15) is 39.6 Å². The van der Waals surface area contributed by atoms with Gasteiger partial charge in [-0.05, 0) is 82.0 Å². The first-order valence-corrected chi connectivity index (χ1v) is 20.4. The lowest BCUT2D eigenvalue weighted by molar-refractivity contribution is -0.115. The molecule has 9 rings (SSSR count). The number of aromatic nitrogens is 3. The first-order chi connectivity index (χ1) is 27.5. The van der Waals surface area contributed by atoms with E-state index in [1.807, 2.05) is 4.90 Å². The van der Waals surface area contributed by atoms with E-state index in [2.05, 4.69) is 15.8 Å². The number of anilines is 1. The number of aromatic hydroxyl groups is 1. The normalized spacial score (nSPS) is 27.8. The topological polar surface area (TPSA) is 123 Å². The van der Waals surface area contributed by atoms with Crippen LogP contribution in [0.25, 0.3) is 32.9 Å². The van der Waals surface area contributed by atoms with Gasteiger partial charge in [0.05, 0.1) is 52.3 Å². The molecule has 13 heteroatoms. The molecular formula is C44H51F2N5O6. The number of aliphatic hydroxyl groups is 1. The van der Waals surface area contributed by atoms with Crippen LogP contribution in [0.1, 0.15) is 76.7 Å². The molecule has 2 aromatic heterocycles. The minimum absolute atomic E-state index is 0.000502. The fourth-order valence-corrected chi connectivity index (χ4v) is 10.7. The summed E-state index contributed by atoms with van der Waals surface area (Å²) < 4.78 is 56.6. The highest BCUT2D eigenvalue weighted by atomic mass is 19.1. The van der Waals surface area contributed by atoms with Crippen molar-refractivity contribution in [2.75, 3.05) is 64.7 Å². The fourth-order valence-electron chi connectivity index (χ4n) is 10.7. The van der Waals surface area contributed by atoms with Crippen molar-refractivity contribution in [1.82, 2.24) is 19.9 Å². The maximum atomic E-state index is 17.5. The number of rotatable bonds is 7. The Labute approximate surface area is 331 Å². The molecule has 2 N–H and O–H groups in total. The van der Waals surface area contributed by atoms with Crippen molar-refractivity contribution in [2.24, 2.45) is 10.8 Å². The van der Waals surface area contributed by atoms with E-state index in [4.69, 9.17) is 35.3 Å². The molecule has 2 aliphatic carbocycles. The largest absolute Gasteiger partial charge is 0.508 e. The molecule has 0 bridgehead atoms. The zero-order valence-electron chi connectivity index (χ0n) is 32.8. The van der Waals surface area contributed by atoms with Gasteiger partial charge in [0.25, 0.3) is 0 Å². The number of nitrogens with zero attached hydrogens (tertiary/aromatic N) is 5. The number of benzene rings is 2. The molecule has 2 saturated carbocycles. The maximum Gasteiger partial charge on any atom is 0.319 e. The van der Waals surface area contributed by atoms with Crippen molar-refractivity contribution >= 4 is 27.5 Å². The molecule has 5 aliphatic rings. The van der Waals surface area contributed by atoms with Gasteiger partial charge in [-0.15, -0.1) is 6.42 Å². The Morgan fingerprint density at radius 3 is 2.60 bits per heavy atom. The van der Waals surface area contributed by atoms with Crippen molar-refractivity contribution in [3.05, 3.63) is 41.5 Å². The second-order valence-electron chi connectivity index (χ2n) is 17.5. The van der Waals surface area contributed by atoms with E-state index in [-0.39, 0.29) is 75.1 Å². The minimum Gasteiger partial charge on any atom is -0.508 e. The van der Waals surface area contributed by atoms with Gasteiger partial charge in [0, 0.05) is 40.4 Å². The first-order valence-electron chi connectivity index (χ1n) is 20.4. The first kappa shape index (κ1) is 38.2. The highest BCUT2D eigenvalue weighted by Gasteiger charge is 2.52. The summed E-state index contributed by atoms with van der Waals surface area (Å²) in [6.07, 6.45) is 17.1. The van der Waals surface area contributed by atoms with E-state index in [0.29, 0.717) is 42.6 Å². The van der Waals surface area contributed by atoms with Crippen molar-refractivity contribution in [1.29, 1.82) is 0 Å². The molecule has 4 aromatic rings. The summed E-state index contributed by atoms with van der Waals surface area (Å²) >= 11 is 0. The minimum atomic E-state index is -1.24. The number of halogens is 2. The number of β-amino-alcohol motifs (C(OH)–C–C–N with tert-alkyl or cyclic N) is 1. The number of pyridine rings is 1. The fraction of sp³-hybridized carbons (Fsp3) is 0.568. The summed E-state index contributed by atoms with van der Waals surface area (Å²) in [6, 6.07) is 6.32. The van der Waals surface area contributed by atoms with Gasteiger partial charge in [-0.2, -0.15) is 9.97 Å². The molecule has 1 unspecified atom stereocenters. The monoisotopic (exact) mass is 783 g/mol. The SMILES string of the molecule is C#Cc1c(F)ccc2cc(O)cc(-c3nc(OC)c4c(N5CCOC[C@@](C)(O)C5)nc(OC[C@]56CCCCC[C@@H]5N(C5CCC7(COC7)C5)CCC6)nc4c3F)c12. The molecule has 302 valence electrons. The Hall–Kier alpha value is -4.35. The number of hydrogen-bond donors (Lipinski definition) is 2. The van der Waals surface area contributed by atoms with Gasteiger partial charge in [0.15, 0.2) is 5.82 Å². The smallest absolute Gasteiger partial charge is 0.319 e. The lowest BCUT2D eigenvalue weighted by Gasteiger charge is -2.52. The van der Waals surface area contributed by atoms with Crippen LogP contribution in [0.2, 0.25) is 0 Å². The molecule has 0 amide bonds. The van der Waals surface area contributed by atoms with Crippen LogP contribution < -0.4 is 14.4 Å². The van der Waals surface area contributed by atoms with Gasteiger partial charge >= 0.3 is 6.01 Å². The Kier molecular flexibility index (Phi) is 9.91.